The summed E-state index contributed by atoms with van der Waals surface area (Å²) in [7, 11) is 0. The van der Waals surface area contributed by atoms with E-state index in [-0.39, 0.29) is 11.6 Å². The summed E-state index contributed by atoms with van der Waals surface area (Å²) >= 11 is 0. The van der Waals surface area contributed by atoms with Gasteiger partial charge in [-0.15, -0.1) is 0 Å². The Labute approximate surface area is 118 Å². The summed E-state index contributed by atoms with van der Waals surface area (Å²) in [5.41, 5.74) is 1.73. The van der Waals surface area contributed by atoms with Crippen LogP contribution in [0.15, 0.2) is 48.5 Å². The molecular formula is C17H17FO2. The van der Waals surface area contributed by atoms with Gasteiger partial charge in [0.15, 0.2) is 5.78 Å². The number of aryl methyl sites for hydroxylation is 1. The molecule has 2 aromatic rings. The van der Waals surface area contributed by atoms with Crippen LogP contribution in [0.5, 0.6) is 5.75 Å². The van der Waals surface area contributed by atoms with Gasteiger partial charge < -0.3 is 4.74 Å². The zero-order valence-electron chi connectivity index (χ0n) is 11.4. The number of hydrogen-bond acceptors (Lipinski definition) is 2. The number of benzene rings is 2. The van der Waals surface area contributed by atoms with Crippen LogP contribution in [-0.2, 0) is 0 Å². The zero-order chi connectivity index (χ0) is 14.4. The maximum absolute atomic E-state index is 12.7. The van der Waals surface area contributed by atoms with E-state index < -0.39 is 0 Å². The van der Waals surface area contributed by atoms with Crippen molar-refractivity contribution in [1.82, 2.24) is 0 Å². The molecule has 0 radical (unpaired) electrons. The van der Waals surface area contributed by atoms with Crippen molar-refractivity contribution in [2.75, 3.05) is 6.61 Å². The topological polar surface area (TPSA) is 26.3 Å². The molecule has 2 rings (SSSR count). The molecule has 3 heteroatoms. The Morgan fingerprint density at radius 3 is 2.35 bits per heavy atom. The quantitative estimate of drug-likeness (QED) is 0.582. The van der Waals surface area contributed by atoms with E-state index in [0.717, 1.165) is 5.75 Å². The number of Topliss-reactive ketones (excluding diaryl/α,β-unsaturated/α-hetero) is 1. The molecule has 2 aromatic carbocycles. The highest BCUT2D eigenvalue weighted by Crippen LogP contribution is 2.12. The first-order chi connectivity index (χ1) is 9.65. The minimum atomic E-state index is -0.329. The first-order valence-electron chi connectivity index (χ1n) is 6.63. The van der Waals surface area contributed by atoms with Crippen molar-refractivity contribution >= 4 is 5.78 Å². The molecule has 0 aliphatic rings. The van der Waals surface area contributed by atoms with E-state index in [9.17, 15) is 9.18 Å². The Morgan fingerprint density at radius 1 is 1.05 bits per heavy atom. The van der Waals surface area contributed by atoms with E-state index in [1.807, 2.05) is 31.2 Å². The van der Waals surface area contributed by atoms with E-state index in [0.29, 0.717) is 25.0 Å². The molecule has 0 aliphatic heterocycles. The molecule has 0 saturated heterocycles. The molecule has 0 N–H and O–H groups in total. The number of halogens is 1. The summed E-state index contributed by atoms with van der Waals surface area (Å²) in [4.78, 5) is 11.8. The smallest absolute Gasteiger partial charge is 0.163 e. The third-order valence-electron chi connectivity index (χ3n) is 3.00. The lowest BCUT2D eigenvalue weighted by molar-refractivity contribution is 0.0973. The van der Waals surface area contributed by atoms with Gasteiger partial charge in [0.1, 0.15) is 11.6 Å². The highest BCUT2D eigenvalue weighted by molar-refractivity contribution is 5.95. The van der Waals surface area contributed by atoms with Crippen LogP contribution < -0.4 is 4.74 Å². The van der Waals surface area contributed by atoms with Gasteiger partial charge in [0, 0.05) is 12.0 Å². The number of ether oxygens (including phenoxy) is 1. The van der Waals surface area contributed by atoms with Crippen molar-refractivity contribution in [2.24, 2.45) is 0 Å². The summed E-state index contributed by atoms with van der Waals surface area (Å²) < 4.78 is 18.3. The highest BCUT2D eigenvalue weighted by Gasteiger charge is 2.05. The van der Waals surface area contributed by atoms with Gasteiger partial charge in [-0.2, -0.15) is 0 Å². The van der Waals surface area contributed by atoms with Crippen LogP contribution in [0.4, 0.5) is 4.39 Å². The van der Waals surface area contributed by atoms with Crippen LogP contribution in [-0.4, -0.2) is 12.4 Å². The van der Waals surface area contributed by atoms with Crippen LogP contribution >= 0.6 is 0 Å². The van der Waals surface area contributed by atoms with Crippen LogP contribution in [0, 0.1) is 12.7 Å². The average Bonchev–Trinajstić information content (AvgIpc) is 2.46. The molecule has 0 aromatic heterocycles. The average molecular weight is 272 g/mol. The minimum absolute atomic E-state index is 0.0116. The fourth-order valence-electron chi connectivity index (χ4n) is 1.84. The van der Waals surface area contributed by atoms with Crippen LogP contribution in [0.1, 0.15) is 28.8 Å². The van der Waals surface area contributed by atoms with Gasteiger partial charge in [-0.05, 0) is 49.7 Å². The Kier molecular flexibility index (Phi) is 4.88. The van der Waals surface area contributed by atoms with Gasteiger partial charge in [-0.25, -0.2) is 4.39 Å². The first-order valence-corrected chi connectivity index (χ1v) is 6.63. The predicted octanol–water partition coefficient (Wildman–Crippen LogP) is 4.18. The lowest BCUT2D eigenvalue weighted by atomic mass is 10.1. The molecule has 0 spiro atoms. The monoisotopic (exact) mass is 272 g/mol. The highest BCUT2D eigenvalue weighted by atomic mass is 19.1. The van der Waals surface area contributed by atoms with Crippen LogP contribution in [0.2, 0.25) is 0 Å². The molecule has 104 valence electrons. The summed E-state index contributed by atoms with van der Waals surface area (Å²) in [6.45, 7) is 2.52. The van der Waals surface area contributed by atoms with Crippen molar-refractivity contribution in [3.05, 3.63) is 65.5 Å². The molecule has 0 unspecified atom stereocenters. The number of ketones is 1. The van der Waals surface area contributed by atoms with Gasteiger partial charge in [0.25, 0.3) is 0 Å². The van der Waals surface area contributed by atoms with Gasteiger partial charge in [-0.1, -0.05) is 17.7 Å². The molecule has 2 nitrogen and oxygen atoms in total. The van der Waals surface area contributed by atoms with Crippen LogP contribution in [0.25, 0.3) is 0 Å². The maximum atomic E-state index is 12.7. The molecular weight excluding hydrogens is 255 g/mol. The minimum Gasteiger partial charge on any atom is -0.494 e. The number of carbonyl (C=O) groups excluding carboxylic acids is 1. The first kappa shape index (κ1) is 14.3. The Balaban J connectivity index is 1.74. The Hall–Kier alpha value is -2.16. The fourth-order valence-corrected chi connectivity index (χ4v) is 1.84. The largest absolute Gasteiger partial charge is 0.494 e. The summed E-state index contributed by atoms with van der Waals surface area (Å²) in [5, 5.41) is 0. The SMILES string of the molecule is Cc1ccc(OCCCC(=O)c2ccc(F)cc2)cc1. The van der Waals surface area contributed by atoms with E-state index in [1.54, 1.807) is 0 Å². The van der Waals surface area contributed by atoms with E-state index >= 15 is 0 Å². The molecule has 0 saturated carbocycles. The lowest BCUT2D eigenvalue weighted by Gasteiger charge is -2.06. The van der Waals surface area contributed by atoms with Gasteiger partial charge in [0.05, 0.1) is 6.61 Å². The second kappa shape index (κ2) is 6.85. The van der Waals surface area contributed by atoms with E-state index in [2.05, 4.69) is 0 Å². The Morgan fingerprint density at radius 2 is 1.70 bits per heavy atom. The Bertz CT molecular complexity index is 559. The zero-order valence-corrected chi connectivity index (χ0v) is 11.4. The predicted molar refractivity (Wildman–Crippen MR) is 76.6 cm³/mol. The molecule has 0 heterocycles. The van der Waals surface area contributed by atoms with Gasteiger partial charge in [0.2, 0.25) is 0 Å². The molecule has 20 heavy (non-hydrogen) atoms. The third kappa shape index (κ3) is 4.19. The van der Waals surface area contributed by atoms with E-state index in [1.165, 1.54) is 29.8 Å². The second-order valence-corrected chi connectivity index (χ2v) is 4.70. The number of rotatable bonds is 6. The summed E-state index contributed by atoms with van der Waals surface area (Å²) in [5.74, 6) is 0.492. The molecule has 0 fully saturated rings. The van der Waals surface area contributed by atoms with Crippen molar-refractivity contribution < 1.29 is 13.9 Å². The number of carbonyl (C=O) groups is 1. The van der Waals surface area contributed by atoms with E-state index in [4.69, 9.17) is 4.74 Å². The molecule has 0 aliphatic carbocycles. The molecule has 0 amide bonds. The third-order valence-corrected chi connectivity index (χ3v) is 3.00. The van der Waals surface area contributed by atoms with Gasteiger partial charge >= 0.3 is 0 Å². The number of hydrogen-bond donors (Lipinski definition) is 0. The van der Waals surface area contributed by atoms with Crippen molar-refractivity contribution in [3.63, 3.8) is 0 Å². The van der Waals surface area contributed by atoms with Crippen molar-refractivity contribution in [1.29, 1.82) is 0 Å². The van der Waals surface area contributed by atoms with Gasteiger partial charge in [-0.3, -0.25) is 4.79 Å². The summed E-state index contributed by atoms with van der Waals surface area (Å²) in [6.07, 6.45) is 1.04. The normalized spacial score (nSPS) is 10.3. The molecule has 0 atom stereocenters. The lowest BCUT2D eigenvalue weighted by Crippen LogP contribution is -2.04. The van der Waals surface area contributed by atoms with Crippen LogP contribution in [0.3, 0.4) is 0 Å². The molecule has 0 bridgehead atoms. The van der Waals surface area contributed by atoms with Crippen molar-refractivity contribution in [2.45, 2.75) is 19.8 Å². The second-order valence-electron chi connectivity index (χ2n) is 4.70. The maximum Gasteiger partial charge on any atom is 0.163 e. The standard InChI is InChI=1S/C17H17FO2/c1-13-4-10-16(11-5-13)20-12-2-3-17(19)14-6-8-15(18)9-7-14/h4-11H,2-3,12H2,1H3. The van der Waals surface area contributed by atoms with Crippen molar-refractivity contribution in [3.8, 4) is 5.75 Å². The summed E-state index contributed by atoms with van der Waals surface area (Å²) in [6, 6.07) is 13.4. The fraction of sp³-hybridized carbons (Fsp3) is 0.235.